The van der Waals surface area contributed by atoms with Crippen LogP contribution in [0.2, 0.25) is 10.0 Å². The minimum absolute atomic E-state index is 0. The predicted octanol–water partition coefficient (Wildman–Crippen LogP) is -0.551. The van der Waals surface area contributed by atoms with Crippen molar-refractivity contribution < 1.29 is 96.3 Å². The number of pyridine rings is 2. The van der Waals surface area contributed by atoms with Crippen molar-refractivity contribution in [3.63, 3.8) is 0 Å². The molecule has 7 rings (SSSR count). The summed E-state index contributed by atoms with van der Waals surface area (Å²) in [5.41, 5.74) is -1.81. The summed E-state index contributed by atoms with van der Waals surface area (Å²) in [6.45, 7) is 0. The summed E-state index contributed by atoms with van der Waals surface area (Å²) in [6, 6.07) is 21.8. The maximum Gasteiger partial charge on any atom is 1.00 e. The monoisotopic (exact) mass is 792 g/mol. The number of carbonyl (C=O) groups excluding carboxylic acids is 2. The summed E-state index contributed by atoms with van der Waals surface area (Å²) in [7, 11) is -5.14. The van der Waals surface area contributed by atoms with Crippen LogP contribution in [-0.2, 0) is 19.5 Å². The molecule has 0 radical (unpaired) electrons. The van der Waals surface area contributed by atoms with E-state index in [0.29, 0.717) is 12.0 Å². The summed E-state index contributed by atoms with van der Waals surface area (Å²) in [5.74, 6) is -1.72. The molecule has 2 heterocycles. The number of fused-ring (bicyclic) bond motifs is 4. The van der Waals surface area contributed by atoms with E-state index in [1.54, 1.807) is 12.1 Å². The summed E-state index contributed by atoms with van der Waals surface area (Å²) in [4.78, 5) is 56.4. The van der Waals surface area contributed by atoms with Gasteiger partial charge in [-0.3, -0.25) is 33.4 Å². The number of hydrogen-bond acceptors (Lipinski definition) is 11. The van der Waals surface area contributed by atoms with Crippen LogP contribution in [0.1, 0.15) is 20.7 Å². The number of halogens is 2. The van der Waals surface area contributed by atoms with Crippen LogP contribution in [0.25, 0.3) is 43.6 Å². The minimum Gasteiger partial charge on any atom is -0.744 e. The molecule has 0 unspecified atom stereocenters. The van der Waals surface area contributed by atoms with Crippen molar-refractivity contribution >= 4 is 101 Å². The van der Waals surface area contributed by atoms with Crippen molar-refractivity contribution in [2.45, 2.75) is 9.79 Å². The van der Waals surface area contributed by atoms with Gasteiger partial charge in [0.15, 0.2) is 10.9 Å². The fourth-order valence-electron chi connectivity index (χ4n) is 5.93. The fraction of sp³-hybridized carbons (Fsp3) is 0. The Morgan fingerprint density at radius 1 is 0.635 bits per heavy atom. The largest absolute Gasteiger partial charge is 1.00 e. The van der Waals surface area contributed by atoms with Gasteiger partial charge in [0.25, 0.3) is 11.8 Å². The van der Waals surface area contributed by atoms with Gasteiger partial charge in [-0.2, -0.15) is 4.33 Å². The number of rotatable bonds is 6. The molecule has 0 N–H and O–H groups in total. The third-order valence-corrected chi connectivity index (χ3v) is 10.1. The van der Waals surface area contributed by atoms with Gasteiger partial charge in [0.2, 0.25) is 0 Å². The van der Waals surface area contributed by atoms with Gasteiger partial charge in [0.1, 0.15) is 10.1 Å². The zero-order valence-electron chi connectivity index (χ0n) is 26.8. The first-order chi connectivity index (χ1) is 23.9. The van der Waals surface area contributed by atoms with Crippen LogP contribution >= 0.6 is 35.2 Å². The molecule has 0 bridgehead atoms. The summed E-state index contributed by atoms with van der Waals surface area (Å²) in [6.07, 6.45) is 0. The average Bonchev–Trinajstić information content (AvgIpc) is 3.10. The molecule has 0 atom stereocenters. The molecule has 250 valence electrons. The van der Waals surface area contributed by atoms with Crippen LogP contribution in [0, 0.1) is 0 Å². The quantitative estimate of drug-likeness (QED) is 0.0528. The van der Waals surface area contributed by atoms with Crippen LogP contribution in [0.3, 0.4) is 0 Å². The molecule has 0 saturated heterocycles. The van der Waals surface area contributed by atoms with E-state index in [4.69, 9.17) is 23.2 Å². The molecule has 18 heteroatoms. The maximum atomic E-state index is 14.4. The van der Waals surface area contributed by atoms with E-state index in [1.807, 2.05) is 0 Å². The van der Waals surface area contributed by atoms with Gasteiger partial charge in [-0.05, 0) is 72.8 Å². The topological polar surface area (TPSA) is 177 Å². The van der Waals surface area contributed by atoms with E-state index in [-0.39, 0.29) is 123 Å². The van der Waals surface area contributed by atoms with E-state index in [2.05, 4.69) is 9.37 Å². The summed E-state index contributed by atoms with van der Waals surface area (Å²) in [5, 5.41) is 14.1. The Kier molecular flexibility index (Phi) is 12.3. The summed E-state index contributed by atoms with van der Waals surface area (Å²) < 4.78 is 43.2. The zero-order chi connectivity index (χ0) is 35.5. The van der Waals surface area contributed by atoms with Crippen molar-refractivity contribution in [3.8, 4) is 0 Å². The Morgan fingerprint density at radius 3 is 1.58 bits per heavy atom. The molecule has 0 amide bonds. The van der Waals surface area contributed by atoms with Crippen molar-refractivity contribution in [2.75, 3.05) is 0 Å². The van der Waals surface area contributed by atoms with Gasteiger partial charge in [-0.15, -0.1) is 0 Å². The molecule has 0 saturated carbocycles. The molecule has 7 aromatic rings. The number of nitrogens with zero attached hydrogens (tertiary/aromatic N) is 2. The van der Waals surface area contributed by atoms with Crippen molar-refractivity contribution in [2.24, 2.45) is 0 Å². The molecule has 0 spiro atoms. The summed E-state index contributed by atoms with van der Waals surface area (Å²) >= 11 is 13.1. The number of hydrogen-bond donors (Lipinski definition) is 0. The Balaban J connectivity index is 0.00000261. The van der Waals surface area contributed by atoms with Crippen molar-refractivity contribution in [3.05, 3.63) is 139 Å². The van der Waals surface area contributed by atoms with Gasteiger partial charge < -0.3 is 9.81 Å². The number of aromatic nitrogens is 2. The Hall–Kier alpha value is -2.90. The van der Waals surface area contributed by atoms with Crippen molar-refractivity contribution in [1.82, 2.24) is 9.13 Å². The molecular weight excluding hydrogens is 777 g/mol. The van der Waals surface area contributed by atoms with Gasteiger partial charge in [0, 0.05) is 31.6 Å². The Morgan fingerprint density at radius 2 is 1.08 bits per heavy atom. The molecule has 0 aliphatic rings. The van der Waals surface area contributed by atoms with E-state index in [0.717, 1.165) is 16.7 Å². The SMILES string of the molecule is O=C(c1ccccc1SOO[O-])n1c2cc(Cl)ccc2c(=O)c2cc3c(cc21)c(=O)c1ccc(Cl)cc1n3C(=O)c1ccccc1S(=O)(=O)[O-].[Na+].[Na+]. The second kappa shape index (κ2) is 15.8. The van der Waals surface area contributed by atoms with E-state index in [1.165, 1.54) is 77.4 Å². The molecule has 0 fully saturated rings. The number of carbonyl (C=O) groups is 2. The molecular formula is C34H16Cl2N2Na2O10S2. The second-order valence-electron chi connectivity index (χ2n) is 10.8. The second-order valence-corrected chi connectivity index (χ2v) is 13.8. The van der Waals surface area contributed by atoms with Gasteiger partial charge >= 0.3 is 59.1 Å². The molecule has 0 aliphatic carbocycles. The fourth-order valence-corrected chi connectivity index (χ4v) is 7.41. The molecule has 52 heavy (non-hydrogen) atoms. The van der Waals surface area contributed by atoms with E-state index < -0.39 is 43.2 Å². The van der Waals surface area contributed by atoms with Crippen LogP contribution in [0.4, 0.5) is 0 Å². The van der Waals surface area contributed by atoms with Crippen LogP contribution in [-0.4, -0.2) is 33.9 Å². The normalized spacial score (nSPS) is 11.5. The third kappa shape index (κ3) is 7.06. The van der Waals surface area contributed by atoms with Crippen LogP contribution in [0.5, 0.6) is 0 Å². The molecule has 0 aliphatic heterocycles. The third-order valence-electron chi connectivity index (χ3n) is 8.04. The Bertz CT molecular complexity index is 2870. The zero-order valence-corrected chi connectivity index (χ0v) is 33.9. The van der Waals surface area contributed by atoms with Crippen LogP contribution in [0.15, 0.2) is 116 Å². The standard InChI is InChI=1S/C34H18Cl2N2O10S2.2Na/c35-17-9-11-19-25(13-17)37(33(41)21-5-1-3-7-29(21)49-48-47-43)27-15-24-28(16-23(27)31(19)39)38(26-14-18(36)10-12-20(26)32(24)40)34(42)22-6-2-4-8-30(22)50(44,45)46;;/h1-16,43H,(H,44,45,46);;/q;2*+1/p-2. The van der Waals surface area contributed by atoms with E-state index >= 15 is 0 Å². The number of benzene rings is 5. The van der Waals surface area contributed by atoms with E-state index in [9.17, 15) is 37.4 Å². The molecule has 5 aromatic carbocycles. The van der Waals surface area contributed by atoms with Gasteiger partial charge in [-0.1, -0.05) is 47.5 Å². The van der Waals surface area contributed by atoms with Crippen molar-refractivity contribution in [1.29, 1.82) is 0 Å². The Labute approximate surface area is 351 Å². The average molecular weight is 794 g/mol. The van der Waals surface area contributed by atoms with Gasteiger partial charge in [0.05, 0.1) is 55.0 Å². The maximum absolute atomic E-state index is 14.4. The first kappa shape index (κ1) is 40.3. The molecule has 2 aromatic heterocycles. The molecule has 12 nitrogen and oxygen atoms in total. The smallest absolute Gasteiger partial charge is 0.744 e. The first-order valence-electron chi connectivity index (χ1n) is 14.2. The van der Waals surface area contributed by atoms with Crippen LogP contribution < -0.4 is 75.2 Å². The minimum atomic E-state index is -5.14. The predicted molar refractivity (Wildman–Crippen MR) is 183 cm³/mol. The first-order valence-corrected chi connectivity index (χ1v) is 17.1. The van der Waals surface area contributed by atoms with Gasteiger partial charge in [-0.25, -0.2) is 8.42 Å².